The minimum Gasteiger partial charge on any atom is -0.496 e. The van der Waals surface area contributed by atoms with E-state index in [0.717, 1.165) is 11.1 Å². The van der Waals surface area contributed by atoms with Crippen LogP contribution in [0.2, 0.25) is 5.02 Å². The Labute approximate surface area is 151 Å². The van der Waals surface area contributed by atoms with Crippen LogP contribution in [0, 0.1) is 6.92 Å². The first-order chi connectivity index (χ1) is 12.0. The summed E-state index contributed by atoms with van der Waals surface area (Å²) in [6.07, 6.45) is 0.0907. The van der Waals surface area contributed by atoms with Crippen molar-refractivity contribution in [2.24, 2.45) is 0 Å². The molecule has 2 aromatic carbocycles. The Hall–Kier alpha value is -2.53. The molecule has 0 radical (unpaired) electrons. The molecule has 25 heavy (non-hydrogen) atoms. The molecule has 0 heterocycles. The SMILES string of the molecule is COc1ccc(C)cc1COC(=O)CCNC(=O)c1ccc(Cl)cc1. The van der Waals surface area contributed by atoms with Crippen LogP contribution in [0.1, 0.15) is 27.9 Å². The highest BCUT2D eigenvalue weighted by Crippen LogP contribution is 2.20. The maximum Gasteiger partial charge on any atom is 0.307 e. The van der Waals surface area contributed by atoms with E-state index in [1.807, 2.05) is 25.1 Å². The monoisotopic (exact) mass is 361 g/mol. The molecule has 0 bridgehead atoms. The maximum absolute atomic E-state index is 11.9. The number of aryl methyl sites for hydroxylation is 1. The van der Waals surface area contributed by atoms with E-state index < -0.39 is 0 Å². The van der Waals surface area contributed by atoms with Gasteiger partial charge in [-0.05, 0) is 43.3 Å². The molecule has 0 aliphatic rings. The van der Waals surface area contributed by atoms with E-state index in [1.165, 1.54) is 0 Å². The topological polar surface area (TPSA) is 64.6 Å². The lowest BCUT2D eigenvalue weighted by molar-refractivity contribution is -0.144. The van der Waals surface area contributed by atoms with Crippen molar-refractivity contribution in [1.29, 1.82) is 0 Å². The molecule has 132 valence electrons. The van der Waals surface area contributed by atoms with Crippen molar-refractivity contribution in [1.82, 2.24) is 5.32 Å². The van der Waals surface area contributed by atoms with Crippen LogP contribution in [-0.4, -0.2) is 25.5 Å². The van der Waals surface area contributed by atoms with Crippen LogP contribution in [-0.2, 0) is 16.1 Å². The summed E-state index contributed by atoms with van der Waals surface area (Å²) < 4.78 is 10.5. The number of halogens is 1. The molecule has 0 saturated heterocycles. The van der Waals surface area contributed by atoms with Crippen LogP contribution in [0.25, 0.3) is 0 Å². The molecular weight excluding hydrogens is 342 g/mol. The lowest BCUT2D eigenvalue weighted by Gasteiger charge is -2.10. The van der Waals surface area contributed by atoms with Gasteiger partial charge in [-0.15, -0.1) is 0 Å². The maximum atomic E-state index is 11.9. The fourth-order valence-corrected chi connectivity index (χ4v) is 2.36. The molecule has 5 nitrogen and oxygen atoms in total. The molecule has 0 fully saturated rings. The average Bonchev–Trinajstić information content (AvgIpc) is 2.60. The highest BCUT2D eigenvalue weighted by molar-refractivity contribution is 6.30. The normalized spacial score (nSPS) is 10.2. The fourth-order valence-electron chi connectivity index (χ4n) is 2.23. The fraction of sp³-hybridized carbons (Fsp3) is 0.263. The van der Waals surface area contributed by atoms with Crippen molar-refractivity contribution in [3.8, 4) is 5.75 Å². The van der Waals surface area contributed by atoms with Crippen LogP contribution in [0.5, 0.6) is 5.75 Å². The van der Waals surface area contributed by atoms with Gasteiger partial charge in [0.25, 0.3) is 5.91 Å². The lowest BCUT2D eigenvalue weighted by Crippen LogP contribution is -2.26. The Morgan fingerprint density at radius 2 is 1.84 bits per heavy atom. The summed E-state index contributed by atoms with van der Waals surface area (Å²) in [4.78, 5) is 23.7. The number of esters is 1. The van der Waals surface area contributed by atoms with E-state index >= 15 is 0 Å². The number of benzene rings is 2. The molecule has 0 saturated carbocycles. The first-order valence-corrected chi connectivity index (χ1v) is 8.20. The smallest absolute Gasteiger partial charge is 0.307 e. The van der Waals surface area contributed by atoms with Gasteiger partial charge in [0, 0.05) is 22.7 Å². The van der Waals surface area contributed by atoms with Crippen LogP contribution in [0.15, 0.2) is 42.5 Å². The zero-order chi connectivity index (χ0) is 18.2. The van der Waals surface area contributed by atoms with E-state index in [9.17, 15) is 9.59 Å². The Balaban J connectivity index is 1.76. The molecule has 0 aromatic heterocycles. The predicted molar refractivity (Wildman–Crippen MR) is 95.9 cm³/mol. The highest BCUT2D eigenvalue weighted by atomic mass is 35.5. The summed E-state index contributed by atoms with van der Waals surface area (Å²) >= 11 is 5.78. The van der Waals surface area contributed by atoms with Gasteiger partial charge in [0.05, 0.1) is 13.5 Å². The molecule has 6 heteroatoms. The Morgan fingerprint density at radius 1 is 1.12 bits per heavy atom. The molecule has 2 aromatic rings. The van der Waals surface area contributed by atoms with Gasteiger partial charge >= 0.3 is 5.97 Å². The number of ether oxygens (including phenoxy) is 2. The number of hydrogen-bond acceptors (Lipinski definition) is 4. The predicted octanol–water partition coefficient (Wildman–Crippen LogP) is 3.52. The summed E-state index contributed by atoms with van der Waals surface area (Å²) in [5.41, 5.74) is 2.35. The molecule has 0 aliphatic heterocycles. The van der Waals surface area contributed by atoms with Gasteiger partial charge in [0.15, 0.2) is 0 Å². The van der Waals surface area contributed by atoms with Crippen molar-refractivity contribution < 1.29 is 19.1 Å². The second-order valence-electron chi connectivity index (χ2n) is 5.49. The molecule has 0 atom stereocenters. The largest absolute Gasteiger partial charge is 0.496 e. The van der Waals surface area contributed by atoms with Gasteiger partial charge in [-0.25, -0.2) is 0 Å². The van der Waals surface area contributed by atoms with Crippen molar-refractivity contribution in [3.05, 3.63) is 64.2 Å². The first-order valence-electron chi connectivity index (χ1n) is 7.82. The number of carbonyl (C=O) groups is 2. The first kappa shape index (κ1) is 18.8. The second-order valence-corrected chi connectivity index (χ2v) is 5.93. The molecule has 0 aliphatic carbocycles. The van der Waals surface area contributed by atoms with Gasteiger partial charge in [0.2, 0.25) is 0 Å². The number of hydrogen-bond donors (Lipinski definition) is 1. The summed E-state index contributed by atoms with van der Waals surface area (Å²) in [6, 6.07) is 12.2. The van der Waals surface area contributed by atoms with Gasteiger partial charge in [-0.3, -0.25) is 9.59 Å². The van der Waals surface area contributed by atoms with E-state index in [4.69, 9.17) is 21.1 Å². The Kier molecular flexibility index (Phi) is 6.83. The van der Waals surface area contributed by atoms with E-state index in [-0.39, 0.29) is 31.4 Å². The number of methoxy groups -OCH3 is 1. The number of carbonyl (C=O) groups excluding carboxylic acids is 2. The van der Waals surface area contributed by atoms with Gasteiger partial charge < -0.3 is 14.8 Å². The lowest BCUT2D eigenvalue weighted by atomic mass is 10.1. The number of rotatable bonds is 7. The third-order valence-corrected chi connectivity index (χ3v) is 3.80. The summed E-state index contributed by atoms with van der Waals surface area (Å²) in [7, 11) is 1.57. The Bertz CT molecular complexity index is 744. The highest BCUT2D eigenvalue weighted by Gasteiger charge is 2.09. The summed E-state index contributed by atoms with van der Waals surface area (Å²) in [5, 5.41) is 3.23. The zero-order valence-corrected chi connectivity index (χ0v) is 14.9. The molecule has 1 N–H and O–H groups in total. The molecular formula is C19H20ClNO4. The van der Waals surface area contributed by atoms with Crippen LogP contribution >= 0.6 is 11.6 Å². The van der Waals surface area contributed by atoms with Crippen molar-refractivity contribution in [2.75, 3.05) is 13.7 Å². The van der Waals surface area contributed by atoms with Crippen molar-refractivity contribution in [3.63, 3.8) is 0 Å². The van der Waals surface area contributed by atoms with E-state index in [0.29, 0.717) is 16.3 Å². The van der Waals surface area contributed by atoms with Crippen LogP contribution < -0.4 is 10.1 Å². The zero-order valence-electron chi connectivity index (χ0n) is 14.2. The minimum atomic E-state index is -0.389. The van der Waals surface area contributed by atoms with Gasteiger partial charge in [-0.2, -0.15) is 0 Å². The van der Waals surface area contributed by atoms with Gasteiger partial charge in [0.1, 0.15) is 12.4 Å². The molecule has 0 unspecified atom stereocenters. The van der Waals surface area contributed by atoms with Crippen LogP contribution in [0.4, 0.5) is 0 Å². The van der Waals surface area contributed by atoms with Crippen molar-refractivity contribution in [2.45, 2.75) is 20.0 Å². The number of amides is 1. The van der Waals surface area contributed by atoms with Crippen LogP contribution in [0.3, 0.4) is 0 Å². The van der Waals surface area contributed by atoms with E-state index in [2.05, 4.69) is 5.32 Å². The molecule has 0 spiro atoms. The summed E-state index contributed by atoms with van der Waals surface area (Å²) in [6.45, 7) is 2.29. The standard InChI is InChI=1S/C19H20ClNO4/c1-13-3-8-17(24-2)15(11-13)12-25-18(22)9-10-21-19(23)14-4-6-16(20)7-5-14/h3-8,11H,9-10,12H2,1-2H3,(H,21,23). The molecule has 1 amide bonds. The Morgan fingerprint density at radius 3 is 2.52 bits per heavy atom. The molecule has 2 rings (SSSR count). The minimum absolute atomic E-state index is 0.0907. The van der Waals surface area contributed by atoms with E-state index in [1.54, 1.807) is 31.4 Å². The average molecular weight is 362 g/mol. The third kappa shape index (κ3) is 5.80. The quantitative estimate of drug-likeness (QED) is 0.766. The summed E-state index contributed by atoms with van der Waals surface area (Å²) in [5.74, 6) is 0.0271. The second kappa shape index (κ2) is 9.08. The van der Waals surface area contributed by atoms with Gasteiger partial charge in [-0.1, -0.05) is 23.2 Å². The van der Waals surface area contributed by atoms with Crippen molar-refractivity contribution >= 4 is 23.5 Å². The number of nitrogens with one attached hydrogen (secondary N) is 1. The third-order valence-electron chi connectivity index (χ3n) is 3.55.